The topological polar surface area (TPSA) is 160 Å². The van der Waals surface area contributed by atoms with Gasteiger partial charge in [0.15, 0.2) is 0 Å². The van der Waals surface area contributed by atoms with Crippen LogP contribution in [0.4, 0.5) is 11.4 Å². The molecule has 0 radical (unpaired) electrons. The van der Waals surface area contributed by atoms with Gasteiger partial charge in [-0.15, -0.1) is 0 Å². The summed E-state index contributed by atoms with van der Waals surface area (Å²) in [5, 5.41) is 15.6. The molecule has 12 nitrogen and oxygen atoms in total. The number of likely N-dealkylation sites (tertiary alicyclic amines) is 1. The average molecular weight is 565 g/mol. The van der Waals surface area contributed by atoms with E-state index in [9.17, 15) is 23.3 Å². The largest absolute Gasteiger partial charge is 0.455 e. The number of hydrogen-bond acceptors (Lipinski definition) is 9. The zero-order valence-electron chi connectivity index (χ0n) is 21.7. The number of piperidine rings is 1. The molecule has 1 fully saturated rings. The number of sulfonamides is 1. The Balaban J connectivity index is 1.39. The number of aromatic amines is 1. The number of carbonyl (C=O) groups excluding carboxylic acids is 1. The van der Waals surface area contributed by atoms with Gasteiger partial charge in [0.2, 0.25) is 0 Å². The van der Waals surface area contributed by atoms with Gasteiger partial charge in [-0.1, -0.05) is 18.2 Å². The number of fused-ring (bicyclic) bond motifs is 1. The first kappa shape index (κ1) is 27.1. The SMILES string of the molecule is CN1CCC(CNc2c([N+](=O)[O-])cccc2S(=O)(=O)NC(=O)c2ccccc2Oc2cnc3[nH]ccc3c2)CC1. The Labute approximate surface area is 230 Å². The van der Waals surface area contributed by atoms with E-state index in [1.54, 1.807) is 24.4 Å². The zero-order valence-corrected chi connectivity index (χ0v) is 22.5. The molecule has 5 rings (SSSR count). The highest BCUT2D eigenvalue weighted by atomic mass is 32.2. The number of nitro groups is 1. The summed E-state index contributed by atoms with van der Waals surface area (Å²) in [6, 6.07) is 13.5. The van der Waals surface area contributed by atoms with Gasteiger partial charge in [0.05, 0.1) is 16.7 Å². The maximum atomic E-state index is 13.4. The molecule has 0 aliphatic carbocycles. The molecule has 3 N–H and O–H groups in total. The van der Waals surface area contributed by atoms with E-state index in [0.29, 0.717) is 17.9 Å². The van der Waals surface area contributed by atoms with Crippen LogP contribution in [0, 0.1) is 16.0 Å². The molecule has 0 saturated carbocycles. The third-order valence-electron chi connectivity index (χ3n) is 6.86. The van der Waals surface area contributed by atoms with Crippen molar-refractivity contribution < 1.29 is 22.9 Å². The number of nitro benzene ring substituents is 1. The lowest BCUT2D eigenvalue weighted by molar-refractivity contribution is -0.384. The summed E-state index contributed by atoms with van der Waals surface area (Å²) in [5.74, 6) is -0.245. The highest BCUT2D eigenvalue weighted by Crippen LogP contribution is 2.33. The van der Waals surface area contributed by atoms with Gasteiger partial charge in [0, 0.05) is 24.2 Å². The van der Waals surface area contributed by atoms with Crippen molar-refractivity contribution >= 4 is 38.3 Å². The molecule has 2 aromatic carbocycles. The average Bonchev–Trinajstić information content (AvgIpc) is 3.40. The Hall–Kier alpha value is -4.49. The summed E-state index contributed by atoms with van der Waals surface area (Å²) < 4.78 is 34.8. The first-order valence-corrected chi connectivity index (χ1v) is 14.2. The number of H-pyrrole nitrogens is 1. The lowest BCUT2D eigenvalue weighted by atomic mass is 9.97. The van der Waals surface area contributed by atoms with Crippen molar-refractivity contribution in [2.45, 2.75) is 17.7 Å². The summed E-state index contributed by atoms with van der Waals surface area (Å²) in [6.07, 6.45) is 4.98. The highest BCUT2D eigenvalue weighted by molar-refractivity contribution is 7.90. The number of para-hydroxylation sites is 2. The Morgan fingerprint density at radius 1 is 1.18 bits per heavy atom. The Bertz CT molecular complexity index is 1660. The number of rotatable bonds is 9. The van der Waals surface area contributed by atoms with Crippen LogP contribution in [0.5, 0.6) is 11.5 Å². The van der Waals surface area contributed by atoms with E-state index in [1.165, 1.54) is 36.5 Å². The third kappa shape index (κ3) is 5.90. The first-order chi connectivity index (χ1) is 19.2. The normalized spacial score (nSPS) is 14.6. The third-order valence-corrected chi connectivity index (χ3v) is 8.23. The smallest absolute Gasteiger partial charge is 0.293 e. The maximum absolute atomic E-state index is 13.4. The lowest BCUT2D eigenvalue weighted by Crippen LogP contribution is -2.34. The van der Waals surface area contributed by atoms with Crippen molar-refractivity contribution in [1.29, 1.82) is 0 Å². The number of hydrogen-bond donors (Lipinski definition) is 3. The molecule has 3 heterocycles. The van der Waals surface area contributed by atoms with Crippen LogP contribution in [0.15, 0.2) is 71.9 Å². The van der Waals surface area contributed by atoms with Gasteiger partial charge < -0.3 is 19.9 Å². The number of aromatic nitrogens is 2. The van der Waals surface area contributed by atoms with Crippen LogP contribution in [0.2, 0.25) is 0 Å². The van der Waals surface area contributed by atoms with E-state index in [1.807, 2.05) is 13.1 Å². The molecule has 0 spiro atoms. The summed E-state index contributed by atoms with van der Waals surface area (Å²) in [6.45, 7) is 2.15. The number of ether oxygens (including phenoxy) is 1. The molecule has 208 valence electrons. The fourth-order valence-electron chi connectivity index (χ4n) is 4.66. The Morgan fingerprint density at radius 3 is 2.73 bits per heavy atom. The molecule has 1 saturated heterocycles. The number of nitrogens with zero attached hydrogens (tertiary/aromatic N) is 3. The number of carbonyl (C=O) groups is 1. The minimum absolute atomic E-state index is 0.0356. The maximum Gasteiger partial charge on any atom is 0.293 e. The summed E-state index contributed by atoms with van der Waals surface area (Å²) >= 11 is 0. The zero-order chi connectivity index (χ0) is 28.3. The summed E-state index contributed by atoms with van der Waals surface area (Å²) in [7, 11) is -2.49. The number of nitrogens with one attached hydrogen (secondary N) is 3. The molecular formula is C27H28N6O6S. The monoisotopic (exact) mass is 564 g/mol. The molecule has 13 heteroatoms. The van der Waals surface area contributed by atoms with Crippen molar-refractivity contribution in [3.63, 3.8) is 0 Å². The number of pyridine rings is 1. The van der Waals surface area contributed by atoms with Gasteiger partial charge in [0.1, 0.15) is 27.7 Å². The van der Waals surface area contributed by atoms with E-state index >= 15 is 0 Å². The second-order valence-electron chi connectivity index (χ2n) is 9.65. The van der Waals surface area contributed by atoms with Crippen LogP contribution in [-0.2, 0) is 10.0 Å². The standard InChI is InChI=1S/C27H28N6O6S/c1-32-13-10-18(11-14-32)16-29-25-22(33(35)36)6-4-8-24(25)40(37,38)31-27(34)21-5-2-3-7-23(21)39-20-15-19-9-12-28-26(19)30-17-20/h2-9,12,15,17-18,29H,10-11,13-14,16H2,1H3,(H,28,30)(H,31,34). The minimum Gasteiger partial charge on any atom is -0.455 e. The van der Waals surface area contributed by atoms with Crippen molar-refractivity contribution in [3.8, 4) is 11.5 Å². The molecule has 0 unspecified atom stereocenters. The molecule has 40 heavy (non-hydrogen) atoms. The van der Waals surface area contributed by atoms with Gasteiger partial charge >= 0.3 is 0 Å². The van der Waals surface area contributed by atoms with Gasteiger partial charge in [-0.25, -0.2) is 18.1 Å². The number of amides is 1. The van der Waals surface area contributed by atoms with Crippen LogP contribution >= 0.6 is 0 Å². The lowest BCUT2D eigenvalue weighted by Gasteiger charge is -2.29. The second-order valence-corrected chi connectivity index (χ2v) is 11.3. The Kier molecular flexibility index (Phi) is 7.67. The second kappa shape index (κ2) is 11.3. The van der Waals surface area contributed by atoms with E-state index in [2.05, 4.69) is 24.9 Å². The van der Waals surface area contributed by atoms with Crippen LogP contribution < -0.4 is 14.8 Å². The molecule has 2 aromatic heterocycles. The van der Waals surface area contributed by atoms with Crippen molar-refractivity contribution in [2.24, 2.45) is 5.92 Å². The predicted octanol–water partition coefficient (Wildman–Crippen LogP) is 4.14. The van der Waals surface area contributed by atoms with Gasteiger partial charge in [0.25, 0.3) is 21.6 Å². The molecule has 1 amide bonds. The fraction of sp³-hybridized carbons (Fsp3) is 0.259. The predicted molar refractivity (Wildman–Crippen MR) is 149 cm³/mol. The van der Waals surface area contributed by atoms with E-state index in [4.69, 9.17) is 4.74 Å². The van der Waals surface area contributed by atoms with Gasteiger partial charge in [-0.3, -0.25) is 14.9 Å². The van der Waals surface area contributed by atoms with E-state index in [-0.39, 0.29) is 33.5 Å². The Morgan fingerprint density at radius 2 is 1.95 bits per heavy atom. The van der Waals surface area contributed by atoms with Crippen molar-refractivity contribution in [3.05, 3.63) is 82.7 Å². The quantitative estimate of drug-likeness (QED) is 0.201. The minimum atomic E-state index is -4.51. The van der Waals surface area contributed by atoms with Crippen LogP contribution in [0.25, 0.3) is 11.0 Å². The van der Waals surface area contributed by atoms with Gasteiger partial charge in [-0.05, 0) is 69.2 Å². The van der Waals surface area contributed by atoms with Crippen molar-refractivity contribution in [1.82, 2.24) is 19.6 Å². The fourth-order valence-corrected chi connectivity index (χ4v) is 5.83. The summed E-state index contributed by atoms with van der Waals surface area (Å²) in [5.41, 5.74) is 0.0925. The molecule has 4 aromatic rings. The van der Waals surface area contributed by atoms with Crippen LogP contribution in [-0.4, -0.2) is 60.8 Å². The van der Waals surface area contributed by atoms with Crippen LogP contribution in [0.3, 0.4) is 0 Å². The summed E-state index contributed by atoms with van der Waals surface area (Å²) in [4.78, 5) is 33.4. The first-order valence-electron chi connectivity index (χ1n) is 12.7. The van der Waals surface area contributed by atoms with Crippen LogP contribution in [0.1, 0.15) is 23.2 Å². The molecule has 0 atom stereocenters. The van der Waals surface area contributed by atoms with E-state index in [0.717, 1.165) is 31.3 Å². The number of benzene rings is 2. The molecule has 1 aliphatic rings. The molecule has 0 bridgehead atoms. The van der Waals surface area contributed by atoms with Crippen molar-refractivity contribution in [2.75, 3.05) is 32.0 Å². The van der Waals surface area contributed by atoms with Gasteiger partial charge in [-0.2, -0.15) is 0 Å². The van der Waals surface area contributed by atoms with E-state index < -0.39 is 20.9 Å². The highest BCUT2D eigenvalue weighted by Gasteiger charge is 2.29. The molecule has 1 aliphatic heterocycles. The molecular weight excluding hydrogens is 536 g/mol. The number of anilines is 1.